The van der Waals surface area contributed by atoms with Gasteiger partial charge >= 0.3 is 0 Å². The molecule has 0 N–H and O–H groups in total. The summed E-state index contributed by atoms with van der Waals surface area (Å²) in [6, 6.07) is 23.3. The number of aryl methyl sites for hydroxylation is 1. The summed E-state index contributed by atoms with van der Waals surface area (Å²) in [5.74, 6) is 1.25. The number of carbonyl (C=O) groups excluding carboxylic acids is 1. The Hall–Kier alpha value is -3.18. The van der Waals surface area contributed by atoms with E-state index in [9.17, 15) is 9.18 Å². The van der Waals surface area contributed by atoms with E-state index < -0.39 is 0 Å². The van der Waals surface area contributed by atoms with Crippen molar-refractivity contribution in [3.8, 4) is 5.75 Å². The van der Waals surface area contributed by atoms with Gasteiger partial charge in [-0.2, -0.15) is 0 Å². The molecule has 1 heterocycles. The van der Waals surface area contributed by atoms with Crippen molar-refractivity contribution in [3.63, 3.8) is 0 Å². The quantitative estimate of drug-likeness (QED) is 0.330. The molecule has 0 unspecified atom stereocenters. The van der Waals surface area contributed by atoms with Crippen LogP contribution in [0.5, 0.6) is 5.75 Å². The lowest BCUT2D eigenvalue weighted by molar-refractivity contribution is 0.0588. The first-order valence-electron chi connectivity index (χ1n) is 14.0. The fourth-order valence-electron chi connectivity index (χ4n) is 6.46. The minimum Gasteiger partial charge on any atom is -0.497 e. The maximum Gasteiger partial charge on any atom is 0.254 e. The number of rotatable bonds is 8. The molecule has 2 aliphatic rings. The van der Waals surface area contributed by atoms with E-state index in [4.69, 9.17) is 4.74 Å². The predicted molar refractivity (Wildman–Crippen MR) is 150 cm³/mol. The summed E-state index contributed by atoms with van der Waals surface area (Å²) in [4.78, 5) is 18.5. The maximum absolute atomic E-state index is 13.9. The zero-order chi connectivity index (χ0) is 26.5. The number of nitrogens with zero attached hydrogens (tertiary/aromatic N) is 2. The SMILES string of the molecule is COc1cccc(CN2C[C@H](CN(C(=O)c3ccc(F)cc3)C3CCCCC3)[C@H](c3ccccc3C)C2)c1. The minimum absolute atomic E-state index is 0.0340. The second kappa shape index (κ2) is 12.1. The molecule has 0 radical (unpaired) electrons. The third-order valence-electron chi connectivity index (χ3n) is 8.44. The maximum atomic E-state index is 13.9. The lowest BCUT2D eigenvalue weighted by Gasteiger charge is -2.37. The van der Waals surface area contributed by atoms with E-state index in [0.717, 1.165) is 51.1 Å². The van der Waals surface area contributed by atoms with Gasteiger partial charge in [0.2, 0.25) is 0 Å². The second-order valence-corrected chi connectivity index (χ2v) is 11.0. The van der Waals surface area contributed by atoms with E-state index in [1.807, 2.05) is 12.1 Å². The molecule has 1 aliphatic carbocycles. The highest BCUT2D eigenvalue weighted by Gasteiger charge is 2.38. The van der Waals surface area contributed by atoms with Crippen molar-refractivity contribution in [1.29, 1.82) is 0 Å². The Morgan fingerprint density at radius 3 is 2.47 bits per heavy atom. The number of methoxy groups -OCH3 is 1. The highest BCUT2D eigenvalue weighted by atomic mass is 19.1. The van der Waals surface area contributed by atoms with Crippen LogP contribution in [0, 0.1) is 18.7 Å². The van der Waals surface area contributed by atoms with Crippen LogP contribution in [-0.4, -0.2) is 48.5 Å². The Morgan fingerprint density at radius 2 is 1.74 bits per heavy atom. The number of benzene rings is 3. The first kappa shape index (κ1) is 26.4. The first-order valence-corrected chi connectivity index (χ1v) is 14.0. The van der Waals surface area contributed by atoms with E-state index in [2.05, 4.69) is 53.1 Å². The molecule has 1 saturated carbocycles. The van der Waals surface area contributed by atoms with Crippen molar-refractivity contribution in [2.75, 3.05) is 26.7 Å². The molecular weight excluding hydrogens is 475 g/mol. The van der Waals surface area contributed by atoms with Crippen LogP contribution in [0.4, 0.5) is 4.39 Å². The first-order chi connectivity index (χ1) is 18.5. The van der Waals surface area contributed by atoms with Gasteiger partial charge in [-0.25, -0.2) is 4.39 Å². The molecule has 0 bridgehead atoms. The van der Waals surface area contributed by atoms with E-state index in [-0.39, 0.29) is 17.8 Å². The zero-order valence-electron chi connectivity index (χ0n) is 22.6. The largest absolute Gasteiger partial charge is 0.497 e. The summed E-state index contributed by atoms with van der Waals surface area (Å²) in [5, 5.41) is 0. The van der Waals surface area contributed by atoms with Gasteiger partial charge in [0.25, 0.3) is 5.91 Å². The third kappa shape index (κ3) is 6.10. The minimum atomic E-state index is -0.311. The van der Waals surface area contributed by atoms with Gasteiger partial charge < -0.3 is 9.64 Å². The fraction of sp³-hybridized carbons (Fsp3) is 0.424. The summed E-state index contributed by atoms with van der Waals surface area (Å²) in [5.41, 5.74) is 4.50. The summed E-state index contributed by atoms with van der Waals surface area (Å²) in [7, 11) is 1.71. The predicted octanol–water partition coefficient (Wildman–Crippen LogP) is 6.83. The van der Waals surface area contributed by atoms with E-state index in [0.29, 0.717) is 23.9 Å². The van der Waals surface area contributed by atoms with Crippen LogP contribution in [0.3, 0.4) is 0 Å². The van der Waals surface area contributed by atoms with Gasteiger partial charge in [0.1, 0.15) is 11.6 Å². The van der Waals surface area contributed by atoms with Crippen LogP contribution < -0.4 is 4.74 Å². The number of hydrogen-bond acceptors (Lipinski definition) is 3. The highest BCUT2D eigenvalue weighted by Crippen LogP contribution is 2.37. The second-order valence-electron chi connectivity index (χ2n) is 11.0. The molecule has 200 valence electrons. The van der Waals surface area contributed by atoms with Gasteiger partial charge in [-0.05, 0) is 78.8 Å². The Morgan fingerprint density at radius 1 is 0.974 bits per heavy atom. The number of ether oxygens (including phenoxy) is 1. The van der Waals surface area contributed by atoms with Crippen molar-refractivity contribution in [2.45, 2.75) is 57.5 Å². The molecule has 5 heteroatoms. The number of hydrogen-bond donors (Lipinski definition) is 0. The van der Waals surface area contributed by atoms with Gasteiger partial charge in [-0.3, -0.25) is 9.69 Å². The molecule has 1 aliphatic heterocycles. The smallest absolute Gasteiger partial charge is 0.254 e. The highest BCUT2D eigenvalue weighted by molar-refractivity contribution is 5.94. The summed E-state index contributed by atoms with van der Waals surface area (Å²) in [6.07, 6.45) is 5.64. The van der Waals surface area contributed by atoms with Crippen LogP contribution in [0.1, 0.15) is 65.1 Å². The Kier molecular flexibility index (Phi) is 8.43. The van der Waals surface area contributed by atoms with E-state index >= 15 is 0 Å². The number of halogens is 1. The third-order valence-corrected chi connectivity index (χ3v) is 8.44. The van der Waals surface area contributed by atoms with Gasteiger partial charge in [0.15, 0.2) is 0 Å². The average Bonchev–Trinajstić information content (AvgIpc) is 3.34. The Bertz CT molecular complexity index is 1220. The van der Waals surface area contributed by atoms with Crippen molar-refractivity contribution in [2.24, 2.45) is 5.92 Å². The lowest BCUT2D eigenvalue weighted by atomic mass is 9.85. The van der Waals surface area contributed by atoms with E-state index in [1.165, 1.54) is 35.2 Å². The van der Waals surface area contributed by atoms with Gasteiger partial charge in [-0.1, -0.05) is 55.7 Å². The molecule has 2 atom stereocenters. The molecule has 3 aromatic rings. The molecule has 0 aromatic heterocycles. The number of carbonyl (C=O) groups is 1. The summed E-state index contributed by atoms with van der Waals surface area (Å²) < 4.78 is 19.1. The van der Waals surface area contributed by atoms with Crippen molar-refractivity contribution >= 4 is 5.91 Å². The molecule has 5 rings (SSSR count). The lowest BCUT2D eigenvalue weighted by Crippen LogP contribution is -2.45. The molecule has 3 aromatic carbocycles. The average molecular weight is 515 g/mol. The zero-order valence-corrected chi connectivity index (χ0v) is 22.6. The van der Waals surface area contributed by atoms with Gasteiger partial charge in [0.05, 0.1) is 7.11 Å². The Balaban J connectivity index is 1.43. The molecular formula is C33H39FN2O2. The van der Waals surface area contributed by atoms with Crippen LogP contribution >= 0.6 is 0 Å². The number of amides is 1. The number of likely N-dealkylation sites (tertiary alicyclic amines) is 1. The molecule has 38 heavy (non-hydrogen) atoms. The van der Waals surface area contributed by atoms with Gasteiger partial charge in [0, 0.05) is 43.7 Å². The van der Waals surface area contributed by atoms with Crippen LogP contribution in [0.25, 0.3) is 0 Å². The van der Waals surface area contributed by atoms with Crippen LogP contribution in [0.15, 0.2) is 72.8 Å². The van der Waals surface area contributed by atoms with Crippen molar-refractivity contribution < 1.29 is 13.9 Å². The molecule has 2 fully saturated rings. The molecule has 1 amide bonds. The normalized spacial score (nSPS) is 20.4. The van der Waals surface area contributed by atoms with Crippen LogP contribution in [0.2, 0.25) is 0 Å². The Labute approximate surface area is 226 Å². The molecule has 0 spiro atoms. The van der Waals surface area contributed by atoms with E-state index in [1.54, 1.807) is 19.2 Å². The summed E-state index contributed by atoms with van der Waals surface area (Å²) in [6.45, 7) is 5.64. The van der Waals surface area contributed by atoms with Crippen LogP contribution in [-0.2, 0) is 6.54 Å². The standard InChI is InChI=1S/C33H39FN2O2/c1-24-9-6-7-14-31(24)32-23-35(20-25-10-8-13-30(19-25)38-2)21-27(32)22-36(29-11-4-3-5-12-29)33(37)26-15-17-28(34)18-16-26/h6-10,13-19,27,29,32H,3-5,11-12,20-23H2,1-2H3/t27-,32-/m1/s1. The molecule has 1 saturated heterocycles. The fourth-order valence-corrected chi connectivity index (χ4v) is 6.46. The van der Waals surface area contributed by atoms with Crippen molar-refractivity contribution in [1.82, 2.24) is 9.80 Å². The van der Waals surface area contributed by atoms with Crippen molar-refractivity contribution in [3.05, 3.63) is 101 Å². The monoisotopic (exact) mass is 514 g/mol. The topological polar surface area (TPSA) is 32.8 Å². The van der Waals surface area contributed by atoms with Gasteiger partial charge in [-0.15, -0.1) is 0 Å². The molecule has 4 nitrogen and oxygen atoms in total. The summed E-state index contributed by atoms with van der Waals surface area (Å²) >= 11 is 0.